The minimum atomic E-state index is -4.36. The topological polar surface area (TPSA) is 152 Å². The number of allylic oxidation sites excluding steroid dienone is 8. The summed E-state index contributed by atoms with van der Waals surface area (Å²) in [4.78, 5) is 13.3. The third-order valence-electron chi connectivity index (χ3n) is 11.2. The number of carboxylic acids is 1. The van der Waals surface area contributed by atoms with Crippen molar-refractivity contribution in [1.29, 1.82) is 0 Å². The second kappa shape index (κ2) is 21.3. The van der Waals surface area contributed by atoms with Gasteiger partial charge in [-0.15, -0.1) is 0 Å². The second-order valence-electron chi connectivity index (χ2n) is 18.7. The van der Waals surface area contributed by atoms with Gasteiger partial charge in [0.1, 0.15) is 0 Å². The van der Waals surface area contributed by atoms with Crippen LogP contribution in [-0.2, 0) is 31.5 Å². The summed E-state index contributed by atoms with van der Waals surface area (Å²) in [7, 11) is 4.19. The quantitative estimate of drug-likeness (QED) is 0.0438. The molecule has 14 heteroatoms. The van der Waals surface area contributed by atoms with E-state index < -0.39 is 26.2 Å². The third kappa shape index (κ3) is 15.5. The molecule has 0 bridgehead atoms. The molecule has 12 nitrogen and oxygen atoms in total. The first-order valence-corrected chi connectivity index (χ1v) is 24.4. The minimum absolute atomic E-state index is 0.0485. The van der Waals surface area contributed by atoms with Gasteiger partial charge in [0.2, 0.25) is 5.69 Å². The van der Waals surface area contributed by atoms with Gasteiger partial charge in [0.15, 0.2) is 12.3 Å². The van der Waals surface area contributed by atoms with Crippen LogP contribution in [0.3, 0.4) is 0 Å². The molecule has 0 fully saturated rings. The van der Waals surface area contributed by atoms with Crippen molar-refractivity contribution in [3.63, 3.8) is 0 Å². The van der Waals surface area contributed by atoms with E-state index in [2.05, 4.69) is 102 Å². The van der Waals surface area contributed by atoms with E-state index in [0.29, 0.717) is 19.5 Å². The highest BCUT2D eigenvalue weighted by Gasteiger charge is 2.23. The van der Waals surface area contributed by atoms with E-state index in [1.54, 1.807) is 12.1 Å². The van der Waals surface area contributed by atoms with Crippen LogP contribution in [0.25, 0.3) is 5.57 Å². The third-order valence-corrected chi connectivity index (χ3v) is 12.9. The highest BCUT2D eigenvalue weighted by molar-refractivity contribution is 7.86. The van der Waals surface area contributed by atoms with Crippen molar-refractivity contribution in [2.45, 2.75) is 82.4 Å². The minimum Gasteiger partial charge on any atom is -0.481 e. The summed E-state index contributed by atoms with van der Waals surface area (Å²) in [6.45, 7) is 11.1. The van der Waals surface area contributed by atoms with Crippen molar-refractivity contribution in [3.8, 4) is 0 Å². The van der Waals surface area contributed by atoms with Crippen LogP contribution in [0.5, 0.6) is 0 Å². The Kier molecular flexibility index (Phi) is 17.2. The van der Waals surface area contributed by atoms with Crippen LogP contribution in [0.15, 0.2) is 112 Å². The standard InChI is InChI=1S/C49H66N4O8S2/c1-36-34-44(62(56,57)58)25-27-46(36)50(30-12-32-52(5,6)7)38(3)16-21-41-14-11-15-42(49(41)43-23-18-40(19-24-43)20-29-48(54)55)22-17-39(4)51(31-13-33-53(8,9)10)47-28-26-45(35-37(47)2)63(59,60)61/h16-19,21-28,34-35H,11-15,20,29-33H2,1-10H3/p+3. The zero-order valence-corrected chi connectivity index (χ0v) is 40.5. The second-order valence-corrected chi connectivity index (χ2v) is 21.5. The maximum atomic E-state index is 12.0. The van der Waals surface area contributed by atoms with Crippen LogP contribution >= 0.6 is 0 Å². The Hall–Kier alpha value is -4.70. The Morgan fingerprint density at radius 1 is 0.794 bits per heavy atom. The van der Waals surface area contributed by atoms with Crippen molar-refractivity contribution in [1.82, 2.24) is 0 Å². The van der Waals surface area contributed by atoms with Gasteiger partial charge in [-0.1, -0.05) is 36.4 Å². The molecular formula is C49H69N4O8S2+3. The van der Waals surface area contributed by atoms with E-state index in [1.165, 1.54) is 24.3 Å². The van der Waals surface area contributed by atoms with E-state index in [4.69, 9.17) is 0 Å². The number of quaternary nitrogens is 2. The molecule has 0 aromatic heterocycles. The number of nitrogens with zero attached hydrogens (tertiary/aromatic N) is 4. The normalized spacial score (nSPS) is 15.6. The molecular weight excluding hydrogens is 837 g/mol. The smallest absolute Gasteiger partial charge is 0.303 e. The Balaban J connectivity index is 1.88. The first-order chi connectivity index (χ1) is 29.2. The van der Waals surface area contributed by atoms with E-state index >= 15 is 0 Å². The molecule has 63 heavy (non-hydrogen) atoms. The Bertz CT molecular complexity index is 2520. The zero-order valence-electron chi connectivity index (χ0n) is 38.8. The molecule has 4 rings (SSSR count). The summed E-state index contributed by atoms with van der Waals surface area (Å²) >= 11 is 0. The molecule has 1 aliphatic carbocycles. The summed E-state index contributed by atoms with van der Waals surface area (Å²) < 4.78 is 71.2. The van der Waals surface area contributed by atoms with E-state index in [-0.39, 0.29) is 16.2 Å². The number of rotatable bonds is 20. The molecule has 0 aliphatic heterocycles. The molecule has 0 saturated carbocycles. The lowest BCUT2D eigenvalue weighted by Gasteiger charge is -2.30. The van der Waals surface area contributed by atoms with E-state index in [1.807, 2.05) is 26.0 Å². The molecule has 0 atom stereocenters. The highest BCUT2D eigenvalue weighted by atomic mass is 32.2. The predicted octanol–water partition coefficient (Wildman–Crippen LogP) is 8.64. The maximum Gasteiger partial charge on any atom is 0.303 e. The highest BCUT2D eigenvalue weighted by Crippen LogP contribution is 2.38. The van der Waals surface area contributed by atoms with E-state index in [9.17, 15) is 35.8 Å². The van der Waals surface area contributed by atoms with Crippen LogP contribution < -0.4 is 4.90 Å². The summed E-state index contributed by atoms with van der Waals surface area (Å²) in [5.41, 5.74) is 10.5. The number of hydrogen-bond acceptors (Lipinski definition) is 6. The summed E-state index contributed by atoms with van der Waals surface area (Å²) in [5, 5.41) is 9.31. The Labute approximate surface area is 376 Å². The van der Waals surface area contributed by atoms with Crippen LogP contribution in [0.4, 0.5) is 11.4 Å². The molecule has 0 unspecified atom stereocenters. The first kappa shape index (κ1) is 50.9. The van der Waals surface area contributed by atoms with Gasteiger partial charge in [0.25, 0.3) is 20.2 Å². The van der Waals surface area contributed by atoms with E-state index in [0.717, 1.165) is 116 Å². The fourth-order valence-corrected chi connectivity index (χ4v) is 9.04. The van der Waals surface area contributed by atoms with Gasteiger partial charge in [-0.25, -0.2) is 0 Å². The van der Waals surface area contributed by atoms with Crippen molar-refractivity contribution >= 4 is 48.9 Å². The van der Waals surface area contributed by atoms with Crippen molar-refractivity contribution < 1.29 is 49.4 Å². The number of hydrogen-bond donors (Lipinski definition) is 3. The number of aliphatic carboxylic acids is 1. The van der Waals surface area contributed by atoms with Crippen LogP contribution in [0.1, 0.15) is 74.6 Å². The summed E-state index contributed by atoms with van der Waals surface area (Å²) in [5.74, 6) is -0.840. The largest absolute Gasteiger partial charge is 0.481 e. The number of anilines is 1. The number of carboxylic acid groups (broad SMARTS) is 1. The van der Waals surface area contributed by atoms with Crippen LogP contribution in [0.2, 0.25) is 0 Å². The Morgan fingerprint density at radius 2 is 1.38 bits per heavy atom. The number of aryl methyl sites for hydroxylation is 3. The van der Waals surface area contributed by atoms with Crippen molar-refractivity contribution in [3.05, 3.63) is 124 Å². The molecule has 0 radical (unpaired) electrons. The monoisotopic (exact) mass is 905 g/mol. The predicted molar refractivity (Wildman–Crippen MR) is 254 cm³/mol. The first-order valence-electron chi connectivity index (χ1n) is 21.5. The molecule has 3 N–H and O–H groups in total. The van der Waals surface area contributed by atoms with Gasteiger partial charge < -0.3 is 19.0 Å². The van der Waals surface area contributed by atoms with Gasteiger partial charge in [0, 0.05) is 55.4 Å². The SMILES string of the molecule is C/C(=C\C=C1/CCCC(/C=C/C(C)=[N+](\CCC[N+](C)(C)C)c2ccc(S(=O)(=O)O)cc2C)=C1c1ccc(CCC(=O)O)cc1)N(CCC[N+](C)(C)C)c1ccc(S(=O)(=O)O)cc1C. The lowest BCUT2D eigenvalue weighted by molar-refractivity contribution is -0.871. The number of carbonyl (C=O) groups is 1. The summed E-state index contributed by atoms with van der Waals surface area (Å²) in [6.07, 6.45) is 13.4. The molecule has 3 aromatic carbocycles. The van der Waals surface area contributed by atoms with Crippen LogP contribution in [0, 0.1) is 13.8 Å². The average molecular weight is 906 g/mol. The average Bonchev–Trinajstić information content (AvgIpc) is 3.17. The van der Waals surface area contributed by atoms with Gasteiger partial charge in [-0.2, -0.15) is 21.4 Å². The fourth-order valence-electron chi connectivity index (χ4n) is 7.90. The van der Waals surface area contributed by atoms with Gasteiger partial charge in [0.05, 0.1) is 71.6 Å². The van der Waals surface area contributed by atoms with Crippen molar-refractivity contribution in [2.24, 2.45) is 0 Å². The fraction of sp³-hybridized carbons (Fsp3) is 0.429. The molecule has 0 heterocycles. The van der Waals surface area contributed by atoms with Crippen molar-refractivity contribution in [2.75, 3.05) is 73.4 Å². The number of benzene rings is 3. The lowest BCUT2D eigenvalue weighted by Crippen LogP contribution is -2.37. The van der Waals surface area contributed by atoms with Crippen LogP contribution in [-0.4, -0.2) is 125 Å². The molecule has 0 amide bonds. The molecule has 3 aromatic rings. The maximum absolute atomic E-state index is 12.0. The molecule has 342 valence electrons. The Morgan fingerprint density at radius 3 is 1.94 bits per heavy atom. The zero-order chi connectivity index (χ0) is 46.9. The van der Waals surface area contributed by atoms with Gasteiger partial charge in [-0.3, -0.25) is 13.9 Å². The molecule has 0 spiro atoms. The van der Waals surface area contributed by atoms with Gasteiger partial charge in [-0.05, 0) is 116 Å². The molecule has 0 saturated heterocycles. The van der Waals surface area contributed by atoms with Gasteiger partial charge >= 0.3 is 5.97 Å². The lowest BCUT2D eigenvalue weighted by atomic mass is 9.82. The summed E-state index contributed by atoms with van der Waals surface area (Å²) in [6, 6.07) is 17.5. The molecule has 1 aliphatic rings.